The minimum Gasteiger partial charge on any atom is -0.478 e. The van der Waals surface area contributed by atoms with Crippen LogP contribution in [0.2, 0.25) is 0 Å². The van der Waals surface area contributed by atoms with Crippen LogP contribution in [-0.4, -0.2) is 67.2 Å². The Morgan fingerprint density at radius 3 is 1.38 bits per heavy atom. The summed E-state index contributed by atoms with van der Waals surface area (Å²) in [6, 6.07) is 36.6. The fourth-order valence-electron chi connectivity index (χ4n) is 7.79. The number of carbonyl (C=O) groups is 4. The van der Waals surface area contributed by atoms with Gasteiger partial charge in [-0.1, -0.05) is 121 Å². The van der Waals surface area contributed by atoms with Gasteiger partial charge in [0.05, 0.1) is 51.2 Å². The van der Waals surface area contributed by atoms with Crippen molar-refractivity contribution >= 4 is 69.0 Å². The van der Waals surface area contributed by atoms with Crippen molar-refractivity contribution in [3.8, 4) is 0 Å². The van der Waals surface area contributed by atoms with Crippen molar-refractivity contribution < 1.29 is 39.6 Å². The van der Waals surface area contributed by atoms with E-state index in [0.717, 1.165) is 11.1 Å². The standard InChI is InChI=1S/C48H28N4O8/c53-45(54)37-32-24-30-22-21-29(49-30)23-31-33(25-13-5-1-6-14-25)34(26-15-7-2-8-16-26)41(50-31)36(28-19-11-4-12-20-28)42-35(27-17-9-3-10-18-27)38(46(55)56)44(52-42)40(48(59)60)43(51-32)39(37)47(57)58/h1-24H,(H,53,54)(H,55,56)(H,57,58)(H,59,60). The molecule has 288 valence electrons. The fourth-order valence-corrected chi connectivity index (χ4v) is 7.79. The molecule has 0 atom stereocenters. The smallest absolute Gasteiger partial charge is 0.340 e. The predicted octanol–water partition coefficient (Wildman–Crippen LogP) is 7.51. The SMILES string of the molecule is O=C(O)C1=C2N=C(C(c3ccccc3)=C3N=C(C=C4C=CC(=N4)C=C4N=C1C(C(=O)O)=C4C(=O)O)C(c1ccccc1)=C3c1ccccc1)C(c1ccccc1)=C2C(=O)O. The van der Waals surface area contributed by atoms with E-state index in [1.165, 1.54) is 6.08 Å². The van der Waals surface area contributed by atoms with E-state index in [2.05, 4.69) is 4.99 Å². The molecule has 5 aliphatic heterocycles. The molecule has 0 aliphatic carbocycles. The third-order valence-electron chi connectivity index (χ3n) is 10.2. The molecule has 0 amide bonds. The van der Waals surface area contributed by atoms with Gasteiger partial charge in [0.25, 0.3) is 0 Å². The number of carboxylic acids is 4. The maximum atomic E-state index is 13.7. The molecule has 0 unspecified atom stereocenters. The summed E-state index contributed by atoms with van der Waals surface area (Å²) in [4.78, 5) is 72.4. The van der Waals surface area contributed by atoms with Crippen LogP contribution in [-0.2, 0) is 19.2 Å². The third kappa shape index (κ3) is 6.21. The van der Waals surface area contributed by atoms with Gasteiger partial charge >= 0.3 is 23.9 Å². The van der Waals surface area contributed by atoms with E-state index in [9.17, 15) is 39.6 Å². The van der Waals surface area contributed by atoms with E-state index < -0.39 is 63.3 Å². The zero-order valence-corrected chi connectivity index (χ0v) is 31.1. The van der Waals surface area contributed by atoms with Crippen molar-refractivity contribution in [3.05, 3.63) is 213 Å². The molecule has 5 aliphatic rings. The van der Waals surface area contributed by atoms with Gasteiger partial charge in [-0.15, -0.1) is 0 Å². The van der Waals surface area contributed by atoms with Gasteiger partial charge in [0.2, 0.25) is 0 Å². The molecule has 12 nitrogen and oxygen atoms in total. The maximum Gasteiger partial charge on any atom is 0.340 e. The van der Waals surface area contributed by atoms with Crippen LogP contribution in [0.1, 0.15) is 22.3 Å². The van der Waals surface area contributed by atoms with Crippen LogP contribution in [0.25, 0.3) is 22.3 Å². The molecular formula is C48H28N4O8. The lowest BCUT2D eigenvalue weighted by atomic mass is 9.84. The molecule has 9 rings (SSSR count). The molecule has 0 aromatic heterocycles. The van der Waals surface area contributed by atoms with E-state index in [0.29, 0.717) is 45.0 Å². The zero-order chi connectivity index (χ0) is 41.7. The molecule has 60 heavy (non-hydrogen) atoms. The molecule has 5 heterocycles. The Balaban J connectivity index is 1.53. The highest BCUT2D eigenvalue weighted by atomic mass is 16.4. The van der Waals surface area contributed by atoms with Crippen LogP contribution in [0.5, 0.6) is 0 Å². The van der Waals surface area contributed by atoms with E-state index in [-0.39, 0.29) is 17.0 Å². The topological polar surface area (TPSA) is 199 Å². The third-order valence-corrected chi connectivity index (χ3v) is 10.2. The molecule has 0 saturated heterocycles. The molecule has 0 fully saturated rings. The Bertz CT molecular complexity index is 3030. The highest BCUT2D eigenvalue weighted by Crippen LogP contribution is 2.48. The van der Waals surface area contributed by atoms with E-state index in [4.69, 9.17) is 15.0 Å². The van der Waals surface area contributed by atoms with Crippen molar-refractivity contribution in [2.75, 3.05) is 0 Å². The highest BCUT2D eigenvalue weighted by Gasteiger charge is 2.43. The lowest BCUT2D eigenvalue weighted by Crippen LogP contribution is -2.22. The van der Waals surface area contributed by atoms with Crippen LogP contribution in [0, 0.1) is 0 Å². The van der Waals surface area contributed by atoms with Crippen molar-refractivity contribution in [3.63, 3.8) is 0 Å². The monoisotopic (exact) mass is 788 g/mol. The molecule has 4 aromatic rings. The summed E-state index contributed by atoms with van der Waals surface area (Å²) in [6.45, 7) is 0. The first kappa shape index (κ1) is 37.0. The first-order valence-electron chi connectivity index (χ1n) is 18.5. The minimum atomic E-state index is -1.80. The zero-order valence-electron chi connectivity index (χ0n) is 31.1. The lowest BCUT2D eigenvalue weighted by Gasteiger charge is -2.17. The number of allylic oxidation sites excluding steroid dienone is 8. The number of benzene rings is 4. The van der Waals surface area contributed by atoms with Gasteiger partial charge in [0.1, 0.15) is 16.7 Å². The maximum absolute atomic E-state index is 13.7. The molecular weight excluding hydrogens is 761 g/mol. The number of aliphatic imine (C=N–C) groups is 4. The number of hydrogen-bond acceptors (Lipinski definition) is 8. The summed E-state index contributed by atoms with van der Waals surface area (Å²) in [5.74, 6) is -6.87. The Morgan fingerprint density at radius 2 is 0.867 bits per heavy atom. The highest BCUT2D eigenvalue weighted by molar-refractivity contribution is 6.53. The Labute approximate surface area is 340 Å². The Morgan fingerprint density at radius 1 is 0.383 bits per heavy atom. The van der Waals surface area contributed by atoms with Gasteiger partial charge in [-0.2, -0.15) is 0 Å². The van der Waals surface area contributed by atoms with Gasteiger partial charge in [0.15, 0.2) is 0 Å². The Kier molecular flexibility index (Phi) is 9.06. The second-order valence-corrected chi connectivity index (χ2v) is 13.8. The van der Waals surface area contributed by atoms with Gasteiger partial charge in [-0.05, 0) is 46.6 Å². The average Bonchev–Trinajstić information content (AvgIpc) is 4.03. The number of aliphatic carboxylic acids is 4. The summed E-state index contributed by atoms with van der Waals surface area (Å²) in [5.41, 5.74) is 0.604. The summed E-state index contributed by atoms with van der Waals surface area (Å²) < 4.78 is 0. The first-order chi connectivity index (χ1) is 29.1. The van der Waals surface area contributed by atoms with Crippen LogP contribution in [0.3, 0.4) is 0 Å². The molecule has 0 radical (unpaired) electrons. The largest absolute Gasteiger partial charge is 0.478 e. The molecule has 4 N–H and O–H groups in total. The Hall–Kier alpha value is -8.64. The minimum absolute atomic E-state index is 0.0180. The van der Waals surface area contributed by atoms with Gasteiger partial charge in [0, 0.05) is 22.3 Å². The van der Waals surface area contributed by atoms with Crippen molar-refractivity contribution in [2.24, 2.45) is 20.0 Å². The predicted molar refractivity (Wildman–Crippen MR) is 226 cm³/mol. The van der Waals surface area contributed by atoms with Crippen molar-refractivity contribution in [2.45, 2.75) is 0 Å². The molecule has 8 bridgehead atoms. The van der Waals surface area contributed by atoms with Crippen molar-refractivity contribution in [1.82, 2.24) is 0 Å². The van der Waals surface area contributed by atoms with Crippen LogP contribution >= 0.6 is 0 Å². The number of carboxylic acid groups (broad SMARTS) is 4. The fraction of sp³-hybridized carbons (Fsp3) is 0. The summed E-state index contributed by atoms with van der Waals surface area (Å²) in [6.07, 6.45) is 6.27. The van der Waals surface area contributed by atoms with Crippen LogP contribution < -0.4 is 0 Å². The van der Waals surface area contributed by atoms with E-state index >= 15 is 0 Å². The summed E-state index contributed by atoms with van der Waals surface area (Å²) in [7, 11) is 0. The van der Waals surface area contributed by atoms with Crippen molar-refractivity contribution in [1.29, 1.82) is 0 Å². The molecule has 0 spiro atoms. The quantitative estimate of drug-likeness (QED) is 0.141. The average molecular weight is 789 g/mol. The lowest BCUT2D eigenvalue weighted by molar-refractivity contribution is -0.135. The number of fused-ring (bicyclic) bond motifs is 4. The number of hydrogen-bond donors (Lipinski definition) is 4. The molecule has 4 aromatic carbocycles. The number of rotatable bonds is 8. The number of nitrogens with zero attached hydrogens (tertiary/aromatic N) is 4. The van der Waals surface area contributed by atoms with Gasteiger partial charge in [-0.3, -0.25) is 0 Å². The van der Waals surface area contributed by atoms with E-state index in [1.54, 1.807) is 60.7 Å². The summed E-state index contributed by atoms with van der Waals surface area (Å²) in [5, 5.41) is 43.1. The second kappa shape index (κ2) is 14.7. The van der Waals surface area contributed by atoms with E-state index in [1.807, 2.05) is 78.9 Å². The first-order valence-corrected chi connectivity index (χ1v) is 18.5. The molecule has 0 saturated carbocycles. The second-order valence-electron chi connectivity index (χ2n) is 13.8. The summed E-state index contributed by atoms with van der Waals surface area (Å²) >= 11 is 0. The van der Waals surface area contributed by atoms with Gasteiger partial charge < -0.3 is 20.4 Å². The normalized spacial score (nSPS) is 17.1. The van der Waals surface area contributed by atoms with Gasteiger partial charge in [-0.25, -0.2) is 39.1 Å². The molecule has 12 heteroatoms. The van der Waals surface area contributed by atoms with Crippen LogP contribution in [0.4, 0.5) is 0 Å². The van der Waals surface area contributed by atoms with Crippen LogP contribution in [0.15, 0.2) is 211 Å².